The molecule has 1 aliphatic rings. The van der Waals surface area contributed by atoms with Crippen molar-refractivity contribution in [3.05, 3.63) is 76.3 Å². The van der Waals surface area contributed by atoms with Gasteiger partial charge in [0.05, 0.1) is 29.4 Å². The summed E-state index contributed by atoms with van der Waals surface area (Å²) in [5, 5.41) is 11.7. The second-order valence-corrected chi connectivity index (χ2v) is 8.84. The summed E-state index contributed by atoms with van der Waals surface area (Å²) in [6.45, 7) is 5.08. The van der Waals surface area contributed by atoms with Gasteiger partial charge in [-0.2, -0.15) is 0 Å². The topological polar surface area (TPSA) is 75.4 Å². The van der Waals surface area contributed by atoms with E-state index < -0.39 is 5.60 Å². The van der Waals surface area contributed by atoms with Crippen molar-refractivity contribution in [1.82, 2.24) is 14.5 Å². The van der Waals surface area contributed by atoms with Crippen molar-refractivity contribution < 1.29 is 9.90 Å². The van der Waals surface area contributed by atoms with Crippen LogP contribution in [0.15, 0.2) is 59.7 Å². The molecule has 1 atom stereocenters. The maximum absolute atomic E-state index is 12.9. The van der Waals surface area contributed by atoms with Gasteiger partial charge in [0.2, 0.25) is 5.91 Å². The first-order valence-electron chi connectivity index (χ1n) is 10.9. The highest BCUT2D eigenvalue weighted by molar-refractivity contribution is 5.79. The Balaban J connectivity index is 1.40. The summed E-state index contributed by atoms with van der Waals surface area (Å²) in [6, 6.07) is 15.6. The van der Waals surface area contributed by atoms with Gasteiger partial charge in [-0.15, -0.1) is 0 Å². The van der Waals surface area contributed by atoms with Crippen molar-refractivity contribution in [3.8, 4) is 0 Å². The summed E-state index contributed by atoms with van der Waals surface area (Å²) in [4.78, 5) is 31.9. The first-order chi connectivity index (χ1) is 14.8. The van der Waals surface area contributed by atoms with Crippen LogP contribution in [0.5, 0.6) is 0 Å². The van der Waals surface area contributed by atoms with Crippen molar-refractivity contribution in [2.45, 2.75) is 45.3 Å². The van der Waals surface area contributed by atoms with Gasteiger partial charge in [0.15, 0.2) is 0 Å². The second kappa shape index (κ2) is 8.63. The van der Waals surface area contributed by atoms with E-state index in [4.69, 9.17) is 0 Å². The number of carbonyl (C=O) groups is 1. The highest BCUT2D eigenvalue weighted by Gasteiger charge is 2.35. The number of fused-ring (bicyclic) bond motifs is 1. The standard InChI is InChI=1S/C25H29N3O3/c1-18-8-9-21-22(14-18)26-17-28(24(21)30)16-25(31)10-12-27(13-11-25)23(29)19(2)15-20-6-4-3-5-7-20/h3-9,14,17,19,31H,10-13,15-16H2,1-2H3/t19-/m0/s1. The number of amides is 1. The molecule has 1 amide bonds. The van der Waals surface area contributed by atoms with Crippen molar-refractivity contribution >= 4 is 16.8 Å². The van der Waals surface area contributed by atoms with Crippen LogP contribution < -0.4 is 5.56 Å². The molecule has 162 valence electrons. The van der Waals surface area contributed by atoms with E-state index >= 15 is 0 Å². The lowest BCUT2D eigenvalue weighted by molar-refractivity contribution is -0.139. The average molecular weight is 420 g/mol. The van der Waals surface area contributed by atoms with Gasteiger partial charge < -0.3 is 10.0 Å². The van der Waals surface area contributed by atoms with Crippen LogP contribution in [-0.2, 0) is 17.8 Å². The minimum atomic E-state index is -1.02. The number of nitrogens with zero attached hydrogens (tertiary/aromatic N) is 3. The van der Waals surface area contributed by atoms with Crippen molar-refractivity contribution in [1.29, 1.82) is 0 Å². The SMILES string of the molecule is Cc1ccc2c(=O)n(CC3(O)CCN(C(=O)[C@@H](C)Cc4ccccc4)CC3)cnc2c1. The van der Waals surface area contributed by atoms with Gasteiger partial charge >= 0.3 is 0 Å². The summed E-state index contributed by atoms with van der Waals surface area (Å²) in [5.41, 5.74) is 1.70. The molecule has 1 aliphatic heterocycles. The summed E-state index contributed by atoms with van der Waals surface area (Å²) in [6.07, 6.45) is 3.10. The Labute approximate surface area is 182 Å². The average Bonchev–Trinajstić information content (AvgIpc) is 2.76. The van der Waals surface area contributed by atoms with Crippen LogP contribution in [0.4, 0.5) is 0 Å². The number of aliphatic hydroxyl groups is 1. The molecule has 1 N–H and O–H groups in total. The fourth-order valence-corrected chi connectivity index (χ4v) is 4.37. The van der Waals surface area contributed by atoms with Crippen LogP contribution in [0, 0.1) is 12.8 Å². The summed E-state index contributed by atoms with van der Waals surface area (Å²) < 4.78 is 1.49. The van der Waals surface area contributed by atoms with Gasteiger partial charge in [-0.25, -0.2) is 4.98 Å². The molecule has 0 spiro atoms. The molecule has 2 heterocycles. The molecule has 1 aromatic heterocycles. The Bertz CT molecular complexity index is 1130. The van der Waals surface area contributed by atoms with Crippen LogP contribution in [0.1, 0.15) is 30.9 Å². The minimum Gasteiger partial charge on any atom is -0.388 e. The molecule has 3 aromatic rings. The van der Waals surface area contributed by atoms with Crippen molar-refractivity contribution in [2.75, 3.05) is 13.1 Å². The molecule has 4 rings (SSSR count). The molecule has 0 saturated carbocycles. The molecule has 0 aliphatic carbocycles. The van der Waals surface area contributed by atoms with Crippen LogP contribution >= 0.6 is 0 Å². The first kappa shape index (κ1) is 21.2. The molecule has 31 heavy (non-hydrogen) atoms. The van der Waals surface area contributed by atoms with E-state index in [2.05, 4.69) is 4.98 Å². The van der Waals surface area contributed by atoms with Gasteiger partial charge in [-0.05, 0) is 49.4 Å². The Hall–Kier alpha value is -2.99. The third-order valence-corrected chi connectivity index (χ3v) is 6.26. The molecular formula is C25H29N3O3. The molecule has 2 aromatic carbocycles. The number of rotatable bonds is 5. The van der Waals surface area contributed by atoms with Gasteiger partial charge in [0.1, 0.15) is 0 Å². The van der Waals surface area contributed by atoms with E-state index in [1.54, 1.807) is 6.07 Å². The molecule has 6 nitrogen and oxygen atoms in total. The predicted molar refractivity (Wildman–Crippen MR) is 121 cm³/mol. The highest BCUT2D eigenvalue weighted by Crippen LogP contribution is 2.25. The Morgan fingerprint density at radius 1 is 1.16 bits per heavy atom. The second-order valence-electron chi connectivity index (χ2n) is 8.84. The fraction of sp³-hybridized carbons (Fsp3) is 0.400. The van der Waals surface area contributed by atoms with Crippen LogP contribution in [0.25, 0.3) is 10.9 Å². The largest absolute Gasteiger partial charge is 0.388 e. The monoisotopic (exact) mass is 419 g/mol. The van der Waals surface area contributed by atoms with Crippen LogP contribution in [0.3, 0.4) is 0 Å². The third-order valence-electron chi connectivity index (χ3n) is 6.26. The summed E-state index contributed by atoms with van der Waals surface area (Å²) in [7, 11) is 0. The lowest BCUT2D eigenvalue weighted by Crippen LogP contribution is -2.50. The number of piperidine rings is 1. The highest BCUT2D eigenvalue weighted by atomic mass is 16.3. The maximum Gasteiger partial charge on any atom is 0.261 e. The summed E-state index contributed by atoms with van der Waals surface area (Å²) >= 11 is 0. The van der Waals surface area contributed by atoms with E-state index in [1.165, 1.54) is 10.9 Å². The quantitative estimate of drug-likeness (QED) is 0.690. The van der Waals surface area contributed by atoms with E-state index in [-0.39, 0.29) is 23.9 Å². The molecule has 0 unspecified atom stereocenters. The van der Waals surface area contributed by atoms with E-state index in [1.807, 2.05) is 61.2 Å². The molecule has 0 radical (unpaired) electrons. The Morgan fingerprint density at radius 2 is 1.87 bits per heavy atom. The number of hydrogen-bond acceptors (Lipinski definition) is 4. The number of aryl methyl sites for hydroxylation is 1. The van der Waals surface area contributed by atoms with Gasteiger partial charge in [-0.1, -0.05) is 43.3 Å². The molecule has 1 fully saturated rings. The lowest BCUT2D eigenvalue weighted by Gasteiger charge is -2.39. The van der Waals surface area contributed by atoms with E-state index in [0.29, 0.717) is 43.3 Å². The van der Waals surface area contributed by atoms with Crippen LogP contribution in [-0.4, -0.2) is 44.2 Å². The zero-order valence-corrected chi connectivity index (χ0v) is 18.1. The Kier molecular flexibility index (Phi) is 5.92. The molecule has 0 bridgehead atoms. The van der Waals surface area contributed by atoms with E-state index in [0.717, 1.165) is 11.1 Å². The van der Waals surface area contributed by atoms with E-state index in [9.17, 15) is 14.7 Å². The van der Waals surface area contributed by atoms with Crippen LogP contribution in [0.2, 0.25) is 0 Å². The van der Waals surface area contributed by atoms with Gasteiger partial charge in [0, 0.05) is 19.0 Å². The number of likely N-dealkylation sites (tertiary alicyclic amines) is 1. The summed E-state index contributed by atoms with van der Waals surface area (Å²) in [5.74, 6) is 0.00942. The maximum atomic E-state index is 12.9. The zero-order chi connectivity index (χ0) is 22.0. The predicted octanol–water partition coefficient (Wildman–Crippen LogP) is 2.94. The van der Waals surface area contributed by atoms with Crippen molar-refractivity contribution in [3.63, 3.8) is 0 Å². The molecular weight excluding hydrogens is 390 g/mol. The number of aromatic nitrogens is 2. The smallest absolute Gasteiger partial charge is 0.261 e. The fourth-order valence-electron chi connectivity index (χ4n) is 4.37. The minimum absolute atomic E-state index is 0.107. The normalized spacial score (nSPS) is 16.9. The third kappa shape index (κ3) is 4.69. The number of carbonyl (C=O) groups excluding carboxylic acids is 1. The number of benzene rings is 2. The Morgan fingerprint density at radius 3 is 2.58 bits per heavy atom. The van der Waals surface area contributed by atoms with Crippen molar-refractivity contribution in [2.24, 2.45) is 5.92 Å². The zero-order valence-electron chi connectivity index (χ0n) is 18.1. The van der Waals surface area contributed by atoms with Gasteiger partial charge in [0.25, 0.3) is 5.56 Å². The van der Waals surface area contributed by atoms with Gasteiger partial charge in [-0.3, -0.25) is 14.2 Å². The molecule has 6 heteroatoms. The molecule has 1 saturated heterocycles. The first-order valence-corrected chi connectivity index (χ1v) is 10.9. The number of hydrogen-bond donors (Lipinski definition) is 1. The lowest BCUT2D eigenvalue weighted by atomic mass is 9.90.